The number of carbonyl (C=O) groups is 3. The van der Waals surface area contributed by atoms with Crippen molar-refractivity contribution in [2.75, 3.05) is 23.0 Å². The maximum absolute atomic E-state index is 13.9. The highest BCUT2D eigenvalue weighted by atomic mass is 32.2. The van der Waals surface area contributed by atoms with Crippen LogP contribution in [-0.2, 0) is 38.1 Å². The van der Waals surface area contributed by atoms with E-state index in [0.717, 1.165) is 40.8 Å². The number of amides is 1. The van der Waals surface area contributed by atoms with Gasteiger partial charge in [-0.05, 0) is 53.6 Å². The molecule has 0 saturated carbocycles. The number of carboxylic acids is 2. The summed E-state index contributed by atoms with van der Waals surface area (Å²) in [5.74, 6) is 1.72. The lowest BCUT2D eigenvalue weighted by Gasteiger charge is -2.24. The van der Waals surface area contributed by atoms with Crippen molar-refractivity contribution in [1.29, 1.82) is 0 Å². The first-order valence-electron chi connectivity index (χ1n) is 15.1. The Hall–Kier alpha value is -2.14. The minimum absolute atomic E-state index is 0.0603. The van der Waals surface area contributed by atoms with Gasteiger partial charge < -0.3 is 21.3 Å². The van der Waals surface area contributed by atoms with E-state index in [4.69, 9.17) is 5.73 Å². The Bertz CT molecular complexity index is 1140. The fourth-order valence-corrected chi connectivity index (χ4v) is 11.1. The van der Waals surface area contributed by atoms with Crippen LogP contribution in [0.2, 0.25) is 0 Å². The molecule has 1 amide bonds. The molecule has 7 nitrogen and oxygen atoms in total. The van der Waals surface area contributed by atoms with Crippen LogP contribution in [0, 0.1) is 5.92 Å². The molecule has 2 aromatic carbocycles. The molecule has 1 saturated heterocycles. The number of nitrogens with one attached hydrogen (secondary N) is 1. The quantitative estimate of drug-likeness (QED) is 0.159. The zero-order valence-electron chi connectivity index (χ0n) is 25.2. The summed E-state index contributed by atoms with van der Waals surface area (Å²) in [4.78, 5) is 36.9. The second kappa shape index (κ2) is 18.6. The molecule has 0 radical (unpaired) electrons. The summed E-state index contributed by atoms with van der Waals surface area (Å²) in [5, 5.41) is 21.2. The summed E-state index contributed by atoms with van der Waals surface area (Å²) < 4.78 is 0. The van der Waals surface area contributed by atoms with Crippen LogP contribution in [-0.4, -0.2) is 78.9 Å². The molecule has 5 N–H and O–H groups in total. The van der Waals surface area contributed by atoms with Gasteiger partial charge in [0.2, 0.25) is 5.91 Å². The van der Waals surface area contributed by atoms with Crippen molar-refractivity contribution in [1.82, 2.24) is 5.32 Å². The first-order chi connectivity index (χ1) is 20.6. The highest BCUT2D eigenvalue weighted by Crippen LogP contribution is 2.30. The van der Waals surface area contributed by atoms with Crippen molar-refractivity contribution in [3.8, 4) is 0 Å². The molecule has 1 fully saturated rings. The van der Waals surface area contributed by atoms with Crippen LogP contribution in [0.15, 0.2) is 60.7 Å². The molecule has 0 aromatic heterocycles. The standard InChI is InChI=1S/C33H46N2O5S3/c1-23(2)16-26(34)22-43-15-9-14-28(43)21-42-29(18-25-12-7-4-8-13-25)32(38)35-27(17-24-10-5-3-6-11-24)20-41-30(33(39)40)19-31(36)37/h3-8,10-13,23,26-30H,9,14-22,34H2,1-2H3,(H2-,35,36,37,38,39,40)/p+1/t26-,27-,28-,29-,30-,43?/m0/s1. The van der Waals surface area contributed by atoms with Crippen molar-refractivity contribution in [3.05, 3.63) is 71.8 Å². The van der Waals surface area contributed by atoms with Gasteiger partial charge in [-0.2, -0.15) is 0 Å². The fourth-order valence-electron chi connectivity index (χ4n) is 5.41. The number of hydrogen-bond acceptors (Lipinski definition) is 6. The van der Waals surface area contributed by atoms with Crippen LogP contribution in [0.5, 0.6) is 0 Å². The number of aliphatic carboxylic acids is 2. The predicted molar refractivity (Wildman–Crippen MR) is 182 cm³/mol. The van der Waals surface area contributed by atoms with E-state index in [1.54, 1.807) is 11.8 Å². The van der Waals surface area contributed by atoms with Crippen molar-refractivity contribution >= 4 is 52.3 Å². The maximum Gasteiger partial charge on any atom is 0.317 e. The molecule has 6 atom stereocenters. The summed E-state index contributed by atoms with van der Waals surface area (Å²) in [6, 6.07) is 19.7. The van der Waals surface area contributed by atoms with Gasteiger partial charge >= 0.3 is 11.9 Å². The number of thioether (sulfide) groups is 2. The Morgan fingerprint density at radius 3 is 2.16 bits per heavy atom. The smallest absolute Gasteiger partial charge is 0.317 e. The average Bonchev–Trinajstić information content (AvgIpc) is 3.39. The Balaban J connectivity index is 1.72. The van der Waals surface area contributed by atoms with Crippen LogP contribution < -0.4 is 11.1 Å². The van der Waals surface area contributed by atoms with Gasteiger partial charge in [-0.15, -0.1) is 23.5 Å². The third-order valence-electron chi connectivity index (χ3n) is 7.45. The molecule has 2 aromatic rings. The molecule has 1 unspecified atom stereocenters. The number of hydrogen-bond donors (Lipinski definition) is 4. The third-order valence-corrected chi connectivity index (χ3v) is 13.4. The van der Waals surface area contributed by atoms with Gasteiger partial charge in [-0.25, -0.2) is 0 Å². The lowest BCUT2D eigenvalue weighted by Crippen LogP contribution is -2.44. The lowest BCUT2D eigenvalue weighted by molar-refractivity contribution is -0.142. The van der Waals surface area contributed by atoms with Crippen LogP contribution >= 0.6 is 23.5 Å². The van der Waals surface area contributed by atoms with Crippen molar-refractivity contribution < 1.29 is 24.6 Å². The Labute approximate surface area is 267 Å². The van der Waals surface area contributed by atoms with Gasteiger partial charge in [-0.3, -0.25) is 14.4 Å². The molecule has 43 heavy (non-hydrogen) atoms. The lowest BCUT2D eigenvalue weighted by atomic mass is 10.1. The second-order valence-electron chi connectivity index (χ2n) is 11.7. The minimum Gasteiger partial charge on any atom is -0.481 e. The van der Waals surface area contributed by atoms with E-state index < -0.39 is 23.6 Å². The summed E-state index contributed by atoms with van der Waals surface area (Å²) in [6.07, 6.45) is 4.10. The molecule has 0 spiro atoms. The molecule has 236 valence electrons. The third kappa shape index (κ3) is 13.2. The molecule has 1 aliphatic heterocycles. The van der Waals surface area contributed by atoms with Crippen LogP contribution in [0.3, 0.4) is 0 Å². The number of carboxylic acid groups (broad SMARTS) is 2. The number of nitrogens with two attached hydrogens (primary N) is 1. The number of benzene rings is 2. The summed E-state index contributed by atoms with van der Waals surface area (Å²) in [6.45, 7) is 4.44. The highest BCUT2D eigenvalue weighted by molar-refractivity contribution is 8.03. The first kappa shape index (κ1) is 35.3. The summed E-state index contributed by atoms with van der Waals surface area (Å²) in [7, 11) is 0.273. The fraction of sp³-hybridized carbons (Fsp3) is 0.545. The molecule has 0 aliphatic carbocycles. The van der Waals surface area contributed by atoms with Gasteiger partial charge in [0, 0.05) is 30.0 Å². The minimum atomic E-state index is -1.16. The van der Waals surface area contributed by atoms with Crippen molar-refractivity contribution in [2.24, 2.45) is 11.7 Å². The summed E-state index contributed by atoms with van der Waals surface area (Å²) >= 11 is 2.80. The molecule has 10 heteroatoms. The van der Waals surface area contributed by atoms with E-state index in [-0.39, 0.29) is 34.1 Å². The van der Waals surface area contributed by atoms with Gasteiger partial charge in [-0.1, -0.05) is 74.5 Å². The topological polar surface area (TPSA) is 130 Å². The van der Waals surface area contributed by atoms with E-state index in [0.29, 0.717) is 29.8 Å². The molecular formula is C33H47N2O5S3+. The van der Waals surface area contributed by atoms with Gasteiger partial charge in [0.05, 0.1) is 11.7 Å². The summed E-state index contributed by atoms with van der Waals surface area (Å²) in [5.41, 5.74) is 8.63. The van der Waals surface area contributed by atoms with Gasteiger partial charge in [0.15, 0.2) is 0 Å². The van der Waals surface area contributed by atoms with Crippen molar-refractivity contribution in [2.45, 2.75) is 80.2 Å². The maximum atomic E-state index is 13.9. The number of carbonyl (C=O) groups excluding carboxylic acids is 1. The SMILES string of the molecule is CC(C)C[C@H](N)C[S+]1CCC[C@H]1CS[C@@H](Cc1ccccc1)C(=O)N[C@H](CS[C@@H](CC(=O)O)C(=O)O)Cc1ccccc1. The molecule has 1 heterocycles. The van der Waals surface area contributed by atoms with E-state index in [9.17, 15) is 24.6 Å². The average molecular weight is 648 g/mol. The Kier molecular flexibility index (Phi) is 15.3. The molecule has 0 bridgehead atoms. The molecular weight excluding hydrogens is 601 g/mol. The monoisotopic (exact) mass is 647 g/mol. The van der Waals surface area contributed by atoms with E-state index in [2.05, 4.69) is 19.2 Å². The van der Waals surface area contributed by atoms with Gasteiger partial charge in [0.1, 0.15) is 22.0 Å². The molecule has 1 aliphatic rings. The van der Waals surface area contributed by atoms with E-state index in [1.165, 1.54) is 18.6 Å². The van der Waals surface area contributed by atoms with Crippen LogP contribution in [0.1, 0.15) is 50.7 Å². The van der Waals surface area contributed by atoms with Crippen LogP contribution in [0.25, 0.3) is 0 Å². The predicted octanol–water partition coefficient (Wildman–Crippen LogP) is 4.87. The largest absolute Gasteiger partial charge is 0.481 e. The van der Waals surface area contributed by atoms with Crippen molar-refractivity contribution in [3.63, 3.8) is 0 Å². The first-order valence-corrected chi connectivity index (χ1v) is 18.8. The highest BCUT2D eigenvalue weighted by Gasteiger charge is 2.38. The molecule has 3 rings (SSSR count). The number of rotatable bonds is 19. The normalized spacial score (nSPS) is 19.4. The Morgan fingerprint density at radius 1 is 0.953 bits per heavy atom. The van der Waals surface area contributed by atoms with Gasteiger partial charge in [0.25, 0.3) is 0 Å². The second-order valence-corrected chi connectivity index (χ2v) is 16.7. The van der Waals surface area contributed by atoms with E-state index >= 15 is 0 Å². The zero-order valence-corrected chi connectivity index (χ0v) is 27.7. The Morgan fingerprint density at radius 2 is 1.58 bits per heavy atom. The van der Waals surface area contributed by atoms with Crippen LogP contribution in [0.4, 0.5) is 0 Å². The van der Waals surface area contributed by atoms with E-state index in [1.807, 2.05) is 60.7 Å². The zero-order chi connectivity index (χ0) is 31.2.